The molecule has 48 heavy (non-hydrogen) atoms. The van der Waals surface area contributed by atoms with Crippen LogP contribution in [0.25, 0.3) is 22.2 Å². The third kappa shape index (κ3) is 6.69. The van der Waals surface area contributed by atoms with Gasteiger partial charge in [-0.3, -0.25) is 24.6 Å². The number of aryl methyl sites for hydroxylation is 1. The van der Waals surface area contributed by atoms with Crippen LogP contribution in [0.3, 0.4) is 0 Å². The predicted octanol–water partition coefficient (Wildman–Crippen LogP) is 6.64. The van der Waals surface area contributed by atoms with Crippen molar-refractivity contribution in [3.05, 3.63) is 107 Å². The number of hydrogen-bond acceptors (Lipinski definition) is 8. The summed E-state index contributed by atoms with van der Waals surface area (Å²) < 4.78 is 41.0. The van der Waals surface area contributed by atoms with Gasteiger partial charge in [-0.2, -0.15) is 0 Å². The molecule has 0 radical (unpaired) electrons. The fourth-order valence-electron chi connectivity index (χ4n) is 6.23. The molecule has 1 N–H and O–H groups in total. The van der Waals surface area contributed by atoms with Gasteiger partial charge in [-0.25, -0.2) is 13.8 Å². The zero-order chi connectivity index (χ0) is 34.0. The summed E-state index contributed by atoms with van der Waals surface area (Å²) in [5, 5.41) is 2.82. The van der Waals surface area contributed by atoms with Gasteiger partial charge in [0, 0.05) is 68.5 Å². The first-order chi connectivity index (χ1) is 23.1. The molecule has 1 aliphatic heterocycles. The van der Waals surface area contributed by atoms with Crippen molar-refractivity contribution in [2.24, 2.45) is 0 Å². The Morgan fingerprint density at radius 2 is 1.52 bits per heavy atom. The summed E-state index contributed by atoms with van der Waals surface area (Å²) in [6.07, 6.45) is 4.58. The maximum atomic E-state index is 15.4. The Hall–Kier alpha value is -5.00. The number of pyridine rings is 1. The van der Waals surface area contributed by atoms with E-state index >= 15 is 8.78 Å². The van der Waals surface area contributed by atoms with Crippen LogP contribution < -0.4 is 14.8 Å². The number of fused-ring (bicyclic) bond motifs is 1. The van der Waals surface area contributed by atoms with E-state index in [1.54, 1.807) is 12.3 Å². The van der Waals surface area contributed by atoms with E-state index in [0.29, 0.717) is 5.82 Å². The SMILES string of the molecule is COc1cc(OC)c(F)c(-c2ccc(C(=O)Nc3ccc(CN4CCN(Cc5ccc(C)cc5)CC4(C)C)cn3)c3nccnc23)c1F. The summed E-state index contributed by atoms with van der Waals surface area (Å²) in [7, 11) is 2.56. The number of benzene rings is 3. The number of rotatable bonds is 9. The van der Waals surface area contributed by atoms with E-state index in [-0.39, 0.29) is 39.2 Å². The van der Waals surface area contributed by atoms with Gasteiger partial charge in [-0.1, -0.05) is 42.0 Å². The highest BCUT2D eigenvalue weighted by molar-refractivity contribution is 6.13. The molecule has 1 saturated heterocycles. The van der Waals surface area contributed by atoms with Crippen LogP contribution in [0.15, 0.2) is 73.2 Å². The van der Waals surface area contributed by atoms with Crippen LogP contribution in [0.1, 0.15) is 40.9 Å². The highest BCUT2D eigenvalue weighted by Gasteiger charge is 2.33. The molecule has 0 spiro atoms. The number of aromatic nitrogens is 3. The lowest BCUT2D eigenvalue weighted by molar-refractivity contribution is 0.0103. The van der Waals surface area contributed by atoms with Crippen LogP contribution in [-0.4, -0.2) is 70.1 Å². The number of halogens is 2. The number of piperazine rings is 1. The topological polar surface area (TPSA) is 92.7 Å². The third-order valence-electron chi connectivity index (χ3n) is 8.83. The lowest BCUT2D eigenvalue weighted by Gasteiger charge is -2.47. The molecule has 1 aliphatic rings. The number of carbonyl (C=O) groups excluding carboxylic acids is 1. The molecule has 0 atom stereocenters. The van der Waals surface area contributed by atoms with Crippen molar-refractivity contribution in [2.75, 3.05) is 39.2 Å². The predicted molar refractivity (Wildman–Crippen MR) is 181 cm³/mol. The molecule has 1 fully saturated rings. The normalized spacial score (nSPS) is 15.0. The van der Waals surface area contributed by atoms with Gasteiger partial charge in [0.2, 0.25) is 0 Å². The molecule has 0 aliphatic carbocycles. The average Bonchev–Trinajstić information content (AvgIpc) is 3.08. The van der Waals surface area contributed by atoms with Crippen LogP contribution in [0.2, 0.25) is 0 Å². The molecular formula is C37H38F2N6O3. The Bertz CT molecular complexity index is 1920. The van der Waals surface area contributed by atoms with Gasteiger partial charge in [0.1, 0.15) is 11.3 Å². The monoisotopic (exact) mass is 652 g/mol. The molecule has 6 rings (SSSR count). The minimum absolute atomic E-state index is 0.0358. The van der Waals surface area contributed by atoms with Crippen LogP contribution in [0.4, 0.5) is 14.6 Å². The number of amides is 1. The molecule has 0 bridgehead atoms. The number of methoxy groups -OCH3 is 2. The van der Waals surface area contributed by atoms with Crippen LogP contribution in [-0.2, 0) is 13.1 Å². The molecular weight excluding hydrogens is 614 g/mol. The molecule has 0 saturated carbocycles. The number of nitrogens with one attached hydrogen (secondary N) is 1. The average molecular weight is 653 g/mol. The van der Waals surface area contributed by atoms with Gasteiger partial charge < -0.3 is 14.8 Å². The Balaban J connectivity index is 1.16. The van der Waals surface area contributed by atoms with Crippen molar-refractivity contribution in [2.45, 2.75) is 39.4 Å². The number of carbonyl (C=O) groups is 1. The number of hydrogen-bond donors (Lipinski definition) is 1. The largest absolute Gasteiger partial charge is 0.494 e. The van der Waals surface area contributed by atoms with Gasteiger partial charge in [0.15, 0.2) is 23.1 Å². The van der Waals surface area contributed by atoms with Crippen molar-refractivity contribution in [1.82, 2.24) is 24.8 Å². The van der Waals surface area contributed by atoms with Gasteiger partial charge >= 0.3 is 0 Å². The molecule has 5 aromatic rings. The smallest absolute Gasteiger partial charge is 0.259 e. The van der Waals surface area contributed by atoms with Gasteiger partial charge in [-0.05, 0) is 44.0 Å². The maximum Gasteiger partial charge on any atom is 0.259 e. The van der Waals surface area contributed by atoms with E-state index in [4.69, 9.17) is 9.47 Å². The lowest BCUT2D eigenvalue weighted by atomic mass is 9.97. The Labute approximate surface area is 278 Å². The maximum absolute atomic E-state index is 15.4. The van der Waals surface area contributed by atoms with Gasteiger partial charge in [0.25, 0.3) is 5.91 Å². The molecule has 0 unspecified atom stereocenters. The molecule has 3 heterocycles. The van der Waals surface area contributed by atoms with Gasteiger partial charge in [0.05, 0.1) is 30.9 Å². The summed E-state index contributed by atoms with van der Waals surface area (Å²) in [5.41, 5.74) is 3.79. The van der Waals surface area contributed by atoms with Crippen LogP contribution >= 0.6 is 0 Å². The standard InChI is InChI=1S/C37H38F2N6O3/c1-23-6-8-24(9-7-23)20-44-16-17-45(37(2,3)22-44)21-25-10-13-30(42-19-25)43-36(46)27-12-11-26(34-35(27)41-15-14-40-34)31-32(38)28(47-4)18-29(48-5)33(31)39/h6-15,18-19H,16-17,20-22H2,1-5H3,(H,42,43,46). The van der Waals surface area contributed by atoms with Crippen molar-refractivity contribution in [3.8, 4) is 22.6 Å². The summed E-state index contributed by atoms with van der Waals surface area (Å²) in [6.45, 7) is 11.1. The van der Waals surface area contributed by atoms with Crippen molar-refractivity contribution in [3.63, 3.8) is 0 Å². The first-order valence-corrected chi connectivity index (χ1v) is 15.7. The minimum Gasteiger partial charge on any atom is -0.494 e. The van der Waals surface area contributed by atoms with E-state index in [0.717, 1.165) is 44.4 Å². The molecule has 3 aromatic carbocycles. The van der Waals surface area contributed by atoms with Crippen LogP contribution in [0.5, 0.6) is 11.5 Å². The van der Waals surface area contributed by atoms with E-state index in [2.05, 4.69) is 75.1 Å². The minimum atomic E-state index is -0.920. The highest BCUT2D eigenvalue weighted by Crippen LogP contribution is 2.40. The highest BCUT2D eigenvalue weighted by atomic mass is 19.1. The quantitative estimate of drug-likeness (QED) is 0.189. The second kappa shape index (κ2) is 13.6. The first kappa shape index (κ1) is 32.9. The summed E-state index contributed by atoms with van der Waals surface area (Å²) in [6, 6.07) is 16.5. The van der Waals surface area contributed by atoms with E-state index in [1.807, 2.05) is 6.07 Å². The van der Waals surface area contributed by atoms with Crippen molar-refractivity contribution < 1.29 is 23.0 Å². The number of anilines is 1. The van der Waals surface area contributed by atoms with E-state index < -0.39 is 23.1 Å². The number of nitrogens with zero attached hydrogens (tertiary/aromatic N) is 5. The Kier molecular flexibility index (Phi) is 9.34. The molecule has 11 heteroatoms. The Morgan fingerprint density at radius 1 is 0.854 bits per heavy atom. The molecule has 248 valence electrons. The first-order valence-electron chi connectivity index (χ1n) is 15.7. The molecule has 2 aromatic heterocycles. The second-order valence-electron chi connectivity index (χ2n) is 12.6. The number of ether oxygens (including phenoxy) is 2. The fraction of sp³-hybridized carbons (Fsp3) is 0.297. The molecule has 9 nitrogen and oxygen atoms in total. The van der Waals surface area contributed by atoms with Crippen molar-refractivity contribution >= 4 is 22.8 Å². The second-order valence-corrected chi connectivity index (χ2v) is 12.6. The van der Waals surface area contributed by atoms with Crippen LogP contribution in [0, 0.1) is 18.6 Å². The summed E-state index contributed by atoms with van der Waals surface area (Å²) in [5.74, 6) is -2.35. The zero-order valence-electron chi connectivity index (χ0n) is 27.7. The van der Waals surface area contributed by atoms with Crippen molar-refractivity contribution in [1.29, 1.82) is 0 Å². The fourth-order valence-corrected chi connectivity index (χ4v) is 6.23. The summed E-state index contributed by atoms with van der Waals surface area (Å²) in [4.78, 5) is 31.6. The van der Waals surface area contributed by atoms with E-state index in [9.17, 15) is 4.79 Å². The molecule has 1 amide bonds. The van der Waals surface area contributed by atoms with Gasteiger partial charge in [-0.15, -0.1) is 0 Å². The Morgan fingerprint density at radius 3 is 2.15 bits per heavy atom. The third-order valence-corrected chi connectivity index (χ3v) is 8.83. The van der Waals surface area contributed by atoms with E-state index in [1.165, 1.54) is 49.9 Å². The lowest BCUT2D eigenvalue weighted by Crippen LogP contribution is -2.58. The zero-order valence-corrected chi connectivity index (χ0v) is 27.7. The summed E-state index contributed by atoms with van der Waals surface area (Å²) >= 11 is 0.